The molecule has 84 valence electrons. The van der Waals surface area contributed by atoms with Gasteiger partial charge in [0, 0.05) is 11.9 Å². The van der Waals surface area contributed by atoms with Crippen molar-refractivity contribution >= 4 is 40.0 Å². The van der Waals surface area contributed by atoms with Crippen LogP contribution in [0.1, 0.15) is 17.4 Å². The summed E-state index contributed by atoms with van der Waals surface area (Å²) in [7, 11) is 0. The largest absolute Gasteiger partial charge is 0.364 e. The Morgan fingerprint density at radius 3 is 2.69 bits per heavy atom. The minimum absolute atomic E-state index is 0.446. The molecule has 0 atom stereocenters. The third kappa shape index (κ3) is 1.56. The van der Waals surface area contributed by atoms with Gasteiger partial charge in [-0.3, -0.25) is 4.79 Å². The molecule has 0 spiro atoms. The Morgan fingerprint density at radius 1 is 1.44 bits per heavy atom. The van der Waals surface area contributed by atoms with Crippen molar-refractivity contribution in [3.63, 3.8) is 0 Å². The van der Waals surface area contributed by atoms with Gasteiger partial charge in [-0.25, -0.2) is 0 Å². The van der Waals surface area contributed by atoms with Crippen LogP contribution in [0.15, 0.2) is 18.2 Å². The summed E-state index contributed by atoms with van der Waals surface area (Å²) in [6.07, 6.45) is 0. The van der Waals surface area contributed by atoms with Crippen LogP contribution in [0.4, 0.5) is 0 Å². The SMILES string of the molecule is CCn1c(C(N)=O)cc2c(Cl)c(Cl)ccc21. The molecule has 0 unspecified atom stereocenters. The minimum Gasteiger partial charge on any atom is -0.364 e. The van der Waals surface area contributed by atoms with Crippen LogP contribution >= 0.6 is 23.2 Å². The van der Waals surface area contributed by atoms with Gasteiger partial charge in [-0.15, -0.1) is 0 Å². The molecule has 1 aromatic heterocycles. The van der Waals surface area contributed by atoms with Crippen molar-refractivity contribution in [3.05, 3.63) is 33.9 Å². The first kappa shape index (κ1) is 11.3. The Morgan fingerprint density at radius 2 is 2.12 bits per heavy atom. The number of aromatic nitrogens is 1. The highest BCUT2D eigenvalue weighted by Crippen LogP contribution is 2.32. The molecule has 0 fully saturated rings. The molecule has 5 heteroatoms. The number of hydrogen-bond acceptors (Lipinski definition) is 1. The molecule has 0 saturated carbocycles. The highest BCUT2D eigenvalue weighted by molar-refractivity contribution is 6.45. The van der Waals surface area contributed by atoms with Gasteiger partial charge in [-0.1, -0.05) is 23.2 Å². The lowest BCUT2D eigenvalue weighted by atomic mass is 10.2. The molecule has 0 aliphatic carbocycles. The Bertz CT molecular complexity index is 575. The zero-order chi connectivity index (χ0) is 11.9. The first-order chi connectivity index (χ1) is 7.56. The lowest BCUT2D eigenvalue weighted by molar-refractivity contribution is 0.0992. The van der Waals surface area contributed by atoms with Crippen molar-refractivity contribution in [3.8, 4) is 0 Å². The predicted octanol–water partition coefficient (Wildman–Crippen LogP) is 3.07. The molecular formula is C11H10Cl2N2O. The fourth-order valence-electron chi connectivity index (χ4n) is 1.82. The van der Waals surface area contributed by atoms with Crippen molar-refractivity contribution in [2.45, 2.75) is 13.5 Å². The average Bonchev–Trinajstić information content (AvgIpc) is 2.62. The number of benzene rings is 1. The second-order valence-electron chi connectivity index (χ2n) is 3.43. The molecule has 16 heavy (non-hydrogen) atoms. The van der Waals surface area contributed by atoms with Gasteiger partial charge in [-0.05, 0) is 25.1 Å². The number of primary amides is 1. The Kier molecular flexibility index (Phi) is 2.82. The summed E-state index contributed by atoms with van der Waals surface area (Å²) in [6, 6.07) is 5.22. The van der Waals surface area contributed by atoms with E-state index in [1.165, 1.54) is 0 Å². The van der Waals surface area contributed by atoms with E-state index in [0.29, 0.717) is 22.3 Å². The van der Waals surface area contributed by atoms with E-state index in [-0.39, 0.29) is 0 Å². The fourth-order valence-corrected chi connectivity index (χ4v) is 2.20. The van der Waals surface area contributed by atoms with Crippen LogP contribution in [0, 0.1) is 0 Å². The van der Waals surface area contributed by atoms with E-state index in [9.17, 15) is 4.79 Å². The number of halogens is 2. The van der Waals surface area contributed by atoms with Crippen LogP contribution in [0.25, 0.3) is 10.9 Å². The number of hydrogen-bond donors (Lipinski definition) is 1. The molecule has 0 aliphatic heterocycles. The zero-order valence-corrected chi connectivity index (χ0v) is 10.1. The Labute approximate surface area is 103 Å². The van der Waals surface area contributed by atoms with Crippen LogP contribution in [-0.4, -0.2) is 10.5 Å². The molecule has 2 rings (SSSR count). The molecule has 1 amide bonds. The highest BCUT2D eigenvalue weighted by Gasteiger charge is 2.15. The third-order valence-corrected chi connectivity index (χ3v) is 3.36. The summed E-state index contributed by atoms with van der Waals surface area (Å²) in [6.45, 7) is 2.59. The molecule has 0 bridgehead atoms. The summed E-state index contributed by atoms with van der Waals surface area (Å²) in [5.74, 6) is -0.467. The van der Waals surface area contributed by atoms with Crippen LogP contribution in [0.5, 0.6) is 0 Å². The number of nitrogens with two attached hydrogens (primary N) is 1. The Balaban J connectivity index is 2.87. The van der Waals surface area contributed by atoms with Crippen molar-refractivity contribution < 1.29 is 4.79 Å². The van der Waals surface area contributed by atoms with Crippen molar-refractivity contribution in [2.24, 2.45) is 5.73 Å². The summed E-state index contributed by atoms with van der Waals surface area (Å²) < 4.78 is 1.82. The van der Waals surface area contributed by atoms with E-state index < -0.39 is 5.91 Å². The predicted molar refractivity (Wildman–Crippen MR) is 66.1 cm³/mol. The molecule has 3 nitrogen and oxygen atoms in total. The molecule has 1 heterocycles. The zero-order valence-electron chi connectivity index (χ0n) is 8.63. The molecule has 0 aliphatic rings. The van der Waals surface area contributed by atoms with Gasteiger partial charge in [0.05, 0.1) is 15.6 Å². The second-order valence-corrected chi connectivity index (χ2v) is 4.22. The van der Waals surface area contributed by atoms with E-state index in [0.717, 1.165) is 10.9 Å². The van der Waals surface area contributed by atoms with Crippen molar-refractivity contribution in [1.82, 2.24) is 4.57 Å². The fraction of sp³-hybridized carbons (Fsp3) is 0.182. The molecule has 0 saturated heterocycles. The number of fused-ring (bicyclic) bond motifs is 1. The van der Waals surface area contributed by atoms with Gasteiger partial charge >= 0.3 is 0 Å². The monoisotopic (exact) mass is 256 g/mol. The van der Waals surface area contributed by atoms with Crippen LogP contribution < -0.4 is 5.73 Å². The van der Waals surface area contributed by atoms with Gasteiger partial charge in [-0.2, -0.15) is 0 Å². The maximum atomic E-state index is 11.3. The number of nitrogens with zero attached hydrogens (tertiary/aromatic N) is 1. The Hall–Kier alpha value is -1.19. The highest BCUT2D eigenvalue weighted by atomic mass is 35.5. The lowest BCUT2D eigenvalue weighted by Crippen LogP contribution is -2.16. The molecule has 0 radical (unpaired) electrons. The third-order valence-electron chi connectivity index (χ3n) is 2.54. The van der Waals surface area contributed by atoms with Gasteiger partial charge in [0.1, 0.15) is 5.69 Å². The van der Waals surface area contributed by atoms with E-state index in [4.69, 9.17) is 28.9 Å². The number of aryl methyl sites for hydroxylation is 1. The van der Waals surface area contributed by atoms with Gasteiger partial charge < -0.3 is 10.3 Å². The van der Waals surface area contributed by atoms with Gasteiger partial charge in [0.25, 0.3) is 5.91 Å². The lowest BCUT2D eigenvalue weighted by Gasteiger charge is -2.05. The van der Waals surface area contributed by atoms with E-state index >= 15 is 0 Å². The number of rotatable bonds is 2. The average molecular weight is 257 g/mol. The van der Waals surface area contributed by atoms with Gasteiger partial charge in [0.15, 0.2) is 0 Å². The minimum atomic E-state index is -0.467. The topological polar surface area (TPSA) is 48.0 Å². The number of carbonyl (C=O) groups excluding carboxylic acids is 1. The quantitative estimate of drug-likeness (QED) is 0.882. The summed E-state index contributed by atoms with van der Waals surface area (Å²) in [5, 5.41) is 1.68. The van der Waals surface area contributed by atoms with Crippen LogP contribution in [0.3, 0.4) is 0 Å². The number of carbonyl (C=O) groups is 1. The second kappa shape index (κ2) is 4.00. The maximum Gasteiger partial charge on any atom is 0.265 e. The van der Waals surface area contributed by atoms with Gasteiger partial charge in [0.2, 0.25) is 0 Å². The molecule has 2 aromatic rings. The summed E-state index contributed by atoms with van der Waals surface area (Å²) in [5.41, 5.74) is 6.62. The standard InChI is InChI=1S/C11H10Cl2N2O/c1-2-15-8-4-3-7(12)10(13)6(8)5-9(15)11(14)16/h3-5H,2H2,1H3,(H2,14,16). The first-order valence-electron chi connectivity index (χ1n) is 4.83. The summed E-state index contributed by atoms with van der Waals surface area (Å²) in [4.78, 5) is 11.3. The molecule has 1 aromatic carbocycles. The van der Waals surface area contributed by atoms with Crippen molar-refractivity contribution in [2.75, 3.05) is 0 Å². The molecular weight excluding hydrogens is 247 g/mol. The first-order valence-corrected chi connectivity index (χ1v) is 5.59. The van der Waals surface area contributed by atoms with Crippen LogP contribution in [0.2, 0.25) is 10.0 Å². The van der Waals surface area contributed by atoms with E-state index in [1.807, 2.05) is 17.6 Å². The normalized spacial score (nSPS) is 10.9. The van der Waals surface area contributed by atoms with Crippen LogP contribution in [-0.2, 0) is 6.54 Å². The maximum absolute atomic E-state index is 11.3. The van der Waals surface area contributed by atoms with Crippen molar-refractivity contribution in [1.29, 1.82) is 0 Å². The number of amides is 1. The smallest absolute Gasteiger partial charge is 0.265 e. The van der Waals surface area contributed by atoms with E-state index in [1.54, 1.807) is 12.1 Å². The summed E-state index contributed by atoms with van der Waals surface area (Å²) >= 11 is 12.0. The molecule has 2 N–H and O–H groups in total. The van der Waals surface area contributed by atoms with E-state index in [2.05, 4.69) is 0 Å².